The monoisotopic (exact) mass is 443 g/mol. The molecule has 32 heavy (non-hydrogen) atoms. The first kappa shape index (κ1) is 22.3. The van der Waals surface area contributed by atoms with Gasteiger partial charge in [-0.05, 0) is 45.2 Å². The molecule has 0 aromatic heterocycles. The molecule has 1 aromatic rings. The van der Waals surface area contributed by atoms with Crippen LogP contribution in [0.1, 0.15) is 57.6 Å². The molecule has 0 unspecified atom stereocenters. The van der Waals surface area contributed by atoms with Crippen molar-refractivity contribution in [1.82, 2.24) is 15.1 Å². The van der Waals surface area contributed by atoms with Crippen molar-refractivity contribution >= 4 is 12.1 Å². The molecule has 1 spiro atoms. The van der Waals surface area contributed by atoms with Crippen LogP contribution in [-0.4, -0.2) is 60.4 Å². The van der Waals surface area contributed by atoms with E-state index in [1.807, 2.05) is 37.8 Å². The number of hydrogen-bond donors (Lipinski definition) is 1. The Hall–Kier alpha value is -2.90. The highest BCUT2D eigenvalue weighted by molar-refractivity contribution is 5.83. The lowest BCUT2D eigenvalue weighted by Crippen LogP contribution is -2.53. The van der Waals surface area contributed by atoms with E-state index in [0.29, 0.717) is 38.2 Å². The molecule has 0 bridgehead atoms. The van der Waals surface area contributed by atoms with Crippen LogP contribution in [0.25, 0.3) is 0 Å². The van der Waals surface area contributed by atoms with Crippen molar-refractivity contribution < 1.29 is 23.8 Å². The van der Waals surface area contributed by atoms with E-state index in [1.54, 1.807) is 19.1 Å². The first-order chi connectivity index (χ1) is 15.1. The Balaban J connectivity index is 1.62. The van der Waals surface area contributed by atoms with Gasteiger partial charge in [0.05, 0.1) is 26.3 Å². The number of carbonyl (C=O) groups excluding carboxylic acids is 2. The summed E-state index contributed by atoms with van der Waals surface area (Å²) >= 11 is 0. The largest absolute Gasteiger partial charge is 0.497 e. The number of fused-ring (bicyclic) bond motifs is 3. The molecule has 0 radical (unpaired) electrons. The van der Waals surface area contributed by atoms with E-state index in [-0.39, 0.29) is 18.0 Å². The first-order valence-corrected chi connectivity index (χ1v) is 11.1. The number of rotatable bonds is 2. The molecule has 0 saturated carbocycles. The van der Waals surface area contributed by atoms with Crippen molar-refractivity contribution in [1.29, 1.82) is 0 Å². The van der Waals surface area contributed by atoms with E-state index in [4.69, 9.17) is 14.2 Å². The van der Waals surface area contributed by atoms with Crippen LogP contribution in [0.2, 0.25) is 0 Å². The lowest BCUT2D eigenvalue weighted by atomic mass is 9.83. The third-order valence-corrected chi connectivity index (χ3v) is 6.49. The van der Waals surface area contributed by atoms with Crippen LogP contribution in [0.15, 0.2) is 23.9 Å². The van der Waals surface area contributed by atoms with E-state index in [1.165, 1.54) is 0 Å². The van der Waals surface area contributed by atoms with Crippen LogP contribution < -0.4 is 14.8 Å². The van der Waals surface area contributed by atoms with Crippen molar-refractivity contribution in [3.05, 3.63) is 35.0 Å². The zero-order valence-electron chi connectivity index (χ0n) is 19.8. The van der Waals surface area contributed by atoms with Crippen LogP contribution in [-0.2, 0) is 11.3 Å². The van der Waals surface area contributed by atoms with Gasteiger partial charge in [0.15, 0.2) is 0 Å². The predicted octanol–water partition coefficient (Wildman–Crippen LogP) is 4.00. The highest BCUT2D eigenvalue weighted by Gasteiger charge is 2.50. The summed E-state index contributed by atoms with van der Waals surface area (Å²) in [4.78, 5) is 29.1. The summed E-state index contributed by atoms with van der Waals surface area (Å²) in [6, 6.07) is 3.76. The van der Waals surface area contributed by atoms with Gasteiger partial charge in [-0.3, -0.25) is 4.90 Å². The Bertz CT molecular complexity index is 957. The number of carbonyl (C=O) groups is 2. The molecule has 3 aliphatic rings. The molecule has 0 aliphatic carbocycles. The maximum Gasteiger partial charge on any atom is 0.410 e. The molecule has 3 amide bonds. The lowest BCUT2D eigenvalue weighted by molar-refractivity contribution is 0.0174. The first-order valence-electron chi connectivity index (χ1n) is 11.1. The van der Waals surface area contributed by atoms with Crippen LogP contribution in [0, 0.1) is 0 Å². The van der Waals surface area contributed by atoms with Gasteiger partial charge < -0.3 is 24.4 Å². The van der Waals surface area contributed by atoms with Gasteiger partial charge in [-0.1, -0.05) is 13.0 Å². The maximum atomic E-state index is 13.1. The van der Waals surface area contributed by atoms with E-state index < -0.39 is 11.1 Å². The SMILES string of the molecule is COc1cc2c(c(OC)c1)[C@@H](C)C=C1N(C2)C(=O)NC12CCN(C(=O)OC(C)(C)C)CC2. The zero-order valence-corrected chi connectivity index (χ0v) is 19.8. The average Bonchev–Trinajstić information content (AvgIpc) is 2.87. The number of likely N-dealkylation sites (tertiary alicyclic amines) is 1. The summed E-state index contributed by atoms with van der Waals surface area (Å²) in [7, 11) is 3.28. The van der Waals surface area contributed by atoms with E-state index >= 15 is 0 Å². The van der Waals surface area contributed by atoms with Crippen molar-refractivity contribution in [2.45, 2.75) is 64.1 Å². The van der Waals surface area contributed by atoms with Gasteiger partial charge in [0, 0.05) is 36.3 Å². The van der Waals surface area contributed by atoms with Gasteiger partial charge in [-0.25, -0.2) is 9.59 Å². The molecule has 2 saturated heterocycles. The minimum absolute atomic E-state index is 0.0549. The maximum absolute atomic E-state index is 13.1. The normalized spacial score (nSPS) is 21.9. The summed E-state index contributed by atoms with van der Waals surface area (Å²) < 4.78 is 16.6. The van der Waals surface area contributed by atoms with Crippen molar-refractivity contribution in [3.8, 4) is 11.5 Å². The molecule has 2 fully saturated rings. The number of nitrogens with zero attached hydrogens (tertiary/aromatic N) is 2. The van der Waals surface area contributed by atoms with E-state index in [0.717, 1.165) is 22.6 Å². The standard InChI is InChI=1S/C24H33N3O5/c1-15-11-19-24(7-9-26(10-8-24)22(29)32-23(2,3)4)25-21(28)27(19)14-16-12-17(30-5)13-18(31-6)20(15)16/h11-13,15H,7-10,14H2,1-6H3,(H,25,28)/t15-/m0/s1. The Morgan fingerprint density at radius 3 is 2.44 bits per heavy atom. The molecule has 3 aliphatic heterocycles. The summed E-state index contributed by atoms with van der Waals surface area (Å²) in [6.45, 7) is 9.22. The van der Waals surface area contributed by atoms with Crippen molar-refractivity contribution in [2.24, 2.45) is 0 Å². The Morgan fingerprint density at radius 1 is 1.16 bits per heavy atom. The van der Waals surface area contributed by atoms with Gasteiger partial charge >= 0.3 is 12.1 Å². The molecule has 4 rings (SSSR count). The molecule has 1 N–H and O–H groups in total. The second-order valence-electron chi connectivity index (χ2n) is 9.81. The van der Waals surface area contributed by atoms with Gasteiger partial charge in [-0.2, -0.15) is 0 Å². The summed E-state index contributed by atoms with van der Waals surface area (Å²) in [6.07, 6.45) is 3.15. The van der Waals surface area contributed by atoms with Crippen LogP contribution >= 0.6 is 0 Å². The van der Waals surface area contributed by atoms with Gasteiger partial charge in [0.1, 0.15) is 17.1 Å². The summed E-state index contributed by atoms with van der Waals surface area (Å²) in [5, 5.41) is 3.23. The topological polar surface area (TPSA) is 80.3 Å². The fourth-order valence-electron chi connectivity index (χ4n) is 4.97. The predicted molar refractivity (Wildman–Crippen MR) is 120 cm³/mol. The average molecular weight is 444 g/mol. The number of urea groups is 1. The number of hydrogen-bond acceptors (Lipinski definition) is 5. The second-order valence-corrected chi connectivity index (χ2v) is 9.81. The Labute approximate surface area is 189 Å². The zero-order chi connectivity index (χ0) is 23.3. The van der Waals surface area contributed by atoms with Crippen LogP contribution in [0.3, 0.4) is 0 Å². The van der Waals surface area contributed by atoms with Gasteiger partial charge in [0.2, 0.25) is 0 Å². The smallest absolute Gasteiger partial charge is 0.410 e. The van der Waals surface area contributed by atoms with Crippen molar-refractivity contribution in [3.63, 3.8) is 0 Å². The lowest BCUT2D eigenvalue weighted by Gasteiger charge is -2.40. The minimum atomic E-state index is -0.532. The molecule has 174 valence electrons. The Kier molecular flexibility index (Phi) is 5.51. The number of methoxy groups -OCH3 is 2. The highest BCUT2D eigenvalue weighted by atomic mass is 16.6. The van der Waals surface area contributed by atoms with Crippen LogP contribution in [0.5, 0.6) is 11.5 Å². The third-order valence-electron chi connectivity index (χ3n) is 6.49. The molecule has 1 atom stereocenters. The second kappa shape index (κ2) is 7.90. The number of ether oxygens (including phenoxy) is 3. The van der Waals surface area contributed by atoms with Gasteiger partial charge in [0.25, 0.3) is 0 Å². The van der Waals surface area contributed by atoms with E-state index in [9.17, 15) is 9.59 Å². The molecular formula is C24H33N3O5. The number of allylic oxidation sites excluding steroid dienone is 1. The molecular weight excluding hydrogens is 410 g/mol. The third kappa shape index (κ3) is 3.87. The summed E-state index contributed by atoms with van der Waals surface area (Å²) in [5.41, 5.74) is 2.05. The fourth-order valence-corrected chi connectivity index (χ4v) is 4.97. The fraction of sp³-hybridized carbons (Fsp3) is 0.583. The molecule has 1 aromatic carbocycles. The van der Waals surface area contributed by atoms with Crippen LogP contribution in [0.4, 0.5) is 9.59 Å². The highest BCUT2D eigenvalue weighted by Crippen LogP contribution is 2.45. The minimum Gasteiger partial charge on any atom is -0.497 e. The van der Waals surface area contributed by atoms with E-state index in [2.05, 4.69) is 18.3 Å². The number of piperidine rings is 1. The molecule has 8 nitrogen and oxygen atoms in total. The Morgan fingerprint density at radius 2 is 1.84 bits per heavy atom. The number of nitrogens with one attached hydrogen (secondary N) is 1. The summed E-state index contributed by atoms with van der Waals surface area (Å²) in [5.74, 6) is 1.52. The molecule has 3 heterocycles. The van der Waals surface area contributed by atoms with Crippen molar-refractivity contribution in [2.75, 3.05) is 27.3 Å². The quantitative estimate of drug-likeness (QED) is 0.747. The molecule has 8 heteroatoms. The van der Waals surface area contributed by atoms with Gasteiger partial charge in [-0.15, -0.1) is 0 Å². The number of amides is 3. The number of benzene rings is 1.